The summed E-state index contributed by atoms with van der Waals surface area (Å²) >= 11 is 12.0. The first-order valence-electron chi connectivity index (χ1n) is 8.81. The van der Waals surface area contributed by atoms with E-state index in [1.54, 1.807) is 24.3 Å². The summed E-state index contributed by atoms with van der Waals surface area (Å²) in [6.45, 7) is 1.06. The van der Waals surface area contributed by atoms with Crippen molar-refractivity contribution >= 4 is 46.7 Å². The summed E-state index contributed by atoms with van der Waals surface area (Å²) in [6, 6.07) is 8.80. The van der Waals surface area contributed by atoms with Crippen LogP contribution >= 0.6 is 23.2 Å². The second-order valence-corrected chi connectivity index (χ2v) is 7.50. The maximum atomic E-state index is 13.0. The fourth-order valence-corrected chi connectivity index (χ4v) is 3.38. The quantitative estimate of drug-likeness (QED) is 0.655. The first kappa shape index (κ1) is 21.7. The summed E-state index contributed by atoms with van der Waals surface area (Å²) in [6.07, 6.45) is 0. The molecule has 0 saturated carbocycles. The topological polar surface area (TPSA) is 97.0 Å². The lowest BCUT2D eigenvalue weighted by Gasteiger charge is -2.22. The number of amides is 4. The second-order valence-electron chi connectivity index (χ2n) is 6.69. The first-order chi connectivity index (χ1) is 14.2. The van der Waals surface area contributed by atoms with E-state index in [1.807, 2.05) is 0 Å². The SMILES string of the molecule is COc1ccc(NC(=O)CN2C(=O)NC(C)(c3ccc(Cl)c(Cl)c3)C2=O)c(OC)c1. The number of methoxy groups -OCH3 is 2. The number of urea groups is 1. The van der Waals surface area contributed by atoms with Crippen molar-refractivity contribution in [3.63, 3.8) is 0 Å². The van der Waals surface area contributed by atoms with Crippen molar-refractivity contribution in [3.8, 4) is 11.5 Å². The van der Waals surface area contributed by atoms with Gasteiger partial charge in [0.2, 0.25) is 5.91 Å². The average Bonchev–Trinajstić information content (AvgIpc) is 2.94. The third-order valence-electron chi connectivity index (χ3n) is 4.76. The van der Waals surface area contributed by atoms with Crippen LogP contribution in [0.2, 0.25) is 10.0 Å². The Bertz CT molecular complexity index is 1030. The van der Waals surface area contributed by atoms with Crippen LogP contribution in [0.15, 0.2) is 36.4 Å². The van der Waals surface area contributed by atoms with Crippen molar-refractivity contribution in [2.75, 3.05) is 26.1 Å². The van der Waals surface area contributed by atoms with Gasteiger partial charge in [-0.1, -0.05) is 29.3 Å². The molecule has 1 fully saturated rings. The van der Waals surface area contributed by atoms with Crippen molar-refractivity contribution < 1.29 is 23.9 Å². The number of benzene rings is 2. The number of nitrogens with one attached hydrogen (secondary N) is 2. The Hall–Kier alpha value is -2.97. The third kappa shape index (κ3) is 4.01. The fourth-order valence-electron chi connectivity index (χ4n) is 3.08. The fraction of sp³-hybridized carbons (Fsp3) is 0.250. The minimum absolute atomic E-state index is 0.250. The van der Waals surface area contributed by atoms with Crippen LogP contribution in [0.25, 0.3) is 0 Å². The van der Waals surface area contributed by atoms with Gasteiger partial charge in [0.1, 0.15) is 23.6 Å². The number of hydrogen-bond donors (Lipinski definition) is 2. The lowest BCUT2D eigenvalue weighted by molar-refractivity contribution is -0.133. The summed E-state index contributed by atoms with van der Waals surface area (Å²) in [5.74, 6) is -0.222. The summed E-state index contributed by atoms with van der Waals surface area (Å²) in [7, 11) is 2.96. The number of imide groups is 1. The third-order valence-corrected chi connectivity index (χ3v) is 5.50. The van der Waals surface area contributed by atoms with Gasteiger partial charge in [-0.3, -0.25) is 14.5 Å². The Balaban J connectivity index is 1.77. The molecule has 1 aliphatic rings. The molecule has 0 bridgehead atoms. The van der Waals surface area contributed by atoms with Gasteiger partial charge in [0.25, 0.3) is 5.91 Å². The molecule has 1 atom stereocenters. The number of rotatable bonds is 6. The average molecular weight is 452 g/mol. The van der Waals surface area contributed by atoms with Gasteiger partial charge < -0.3 is 20.1 Å². The molecule has 158 valence electrons. The van der Waals surface area contributed by atoms with E-state index in [2.05, 4.69) is 10.6 Å². The van der Waals surface area contributed by atoms with E-state index in [0.717, 1.165) is 4.90 Å². The number of ether oxygens (including phenoxy) is 2. The van der Waals surface area contributed by atoms with E-state index in [4.69, 9.17) is 32.7 Å². The van der Waals surface area contributed by atoms with Crippen LogP contribution in [0.4, 0.5) is 10.5 Å². The standard InChI is InChI=1S/C20H19Cl2N3O5/c1-20(11-4-6-13(21)14(22)8-11)18(27)25(19(28)24-20)10-17(26)23-15-7-5-12(29-2)9-16(15)30-3/h4-9H,10H2,1-3H3,(H,23,26)(H,24,28). The number of halogens is 2. The second kappa shape index (κ2) is 8.41. The molecule has 2 N–H and O–H groups in total. The van der Waals surface area contributed by atoms with Gasteiger partial charge in [-0.15, -0.1) is 0 Å². The highest BCUT2D eigenvalue weighted by Crippen LogP contribution is 2.33. The largest absolute Gasteiger partial charge is 0.497 e. The molecule has 1 aliphatic heterocycles. The Labute approximate surface area is 183 Å². The normalized spacial score (nSPS) is 18.2. The molecule has 1 unspecified atom stereocenters. The molecular weight excluding hydrogens is 433 g/mol. The molecule has 0 radical (unpaired) electrons. The molecule has 10 heteroatoms. The van der Waals surface area contributed by atoms with Gasteiger partial charge in [-0.25, -0.2) is 4.79 Å². The van der Waals surface area contributed by atoms with E-state index in [-0.39, 0.29) is 5.02 Å². The molecule has 1 saturated heterocycles. The summed E-state index contributed by atoms with van der Waals surface area (Å²) in [4.78, 5) is 38.8. The molecule has 3 rings (SSSR count). The summed E-state index contributed by atoms with van der Waals surface area (Å²) in [5.41, 5.74) is -0.541. The predicted molar refractivity (Wildman–Crippen MR) is 112 cm³/mol. The molecule has 8 nitrogen and oxygen atoms in total. The highest BCUT2D eigenvalue weighted by Gasteiger charge is 2.49. The zero-order valence-electron chi connectivity index (χ0n) is 16.4. The molecule has 1 heterocycles. The van der Waals surface area contributed by atoms with Crippen LogP contribution in [-0.4, -0.2) is 43.5 Å². The van der Waals surface area contributed by atoms with Crippen LogP contribution in [0.1, 0.15) is 12.5 Å². The molecule has 2 aromatic carbocycles. The van der Waals surface area contributed by atoms with E-state index in [9.17, 15) is 14.4 Å². The molecule has 4 amide bonds. The number of hydrogen-bond acceptors (Lipinski definition) is 5. The molecule has 0 aromatic heterocycles. The minimum Gasteiger partial charge on any atom is -0.497 e. The molecular formula is C20H19Cl2N3O5. The molecule has 0 aliphatic carbocycles. The summed E-state index contributed by atoms with van der Waals surface area (Å²) in [5, 5.41) is 5.82. The Morgan fingerprint density at radius 1 is 1.10 bits per heavy atom. The lowest BCUT2D eigenvalue weighted by atomic mass is 9.92. The van der Waals surface area contributed by atoms with Crippen molar-refractivity contribution in [1.82, 2.24) is 10.2 Å². The zero-order valence-corrected chi connectivity index (χ0v) is 17.9. The molecule has 30 heavy (non-hydrogen) atoms. The van der Waals surface area contributed by atoms with Crippen LogP contribution in [-0.2, 0) is 15.1 Å². The smallest absolute Gasteiger partial charge is 0.325 e. The zero-order chi connectivity index (χ0) is 22.1. The van der Waals surface area contributed by atoms with Crippen LogP contribution in [0.3, 0.4) is 0 Å². The van der Waals surface area contributed by atoms with Gasteiger partial charge in [-0.2, -0.15) is 0 Å². The maximum absolute atomic E-state index is 13.0. The van der Waals surface area contributed by atoms with E-state index in [0.29, 0.717) is 27.8 Å². The van der Waals surface area contributed by atoms with Gasteiger partial charge >= 0.3 is 6.03 Å². The van der Waals surface area contributed by atoms with Crippen LogP contribution in [0, 0.1) is 0 Å². The Morgan fingerprint density at radius 2 is 1.83 bits per heavy atom. The number of carbonyl (C=O) groups excluding carboxylic acids is 3. The molecule has 2 aromatic rings. The monoisotopic (exact) mass is 451 g/mol. The van der Waals surface area contributed by atoms with Crippen LogP contribution < -0.4 is 20.1 Å². The highest BCUT2D eigenvalue weighted by atomic mass is 35.5. The number of anilines is 1. The van der Waals surface area contributed by atoms with Crippen molar-refractivity contribution in [3.05, 3.63) is 52.0 Å². The molecule has 0 spiro atoms. The highest BCUT2D eigenvalue weighted by molar-refractivity contribution is 6.42. The Morgan fingerprint density at radius 3 is 2.47 bits per heavy atom. The maximum Gasteiger partial charge on any atom is 0.325 e. The van der Waals surface area contributed by atoms with Crippen LogP contribution in [0.5, 0.6) is 11.5 Å². The first-order valence-corrected chi connectivity index (χ1v) is 9.56. The van der Waals surface area contributed by atoms with Crippen molar-refractivity contribution in [2.24, 2.45) is 0 Å². The lowest BCUT2D eigenvalue weighted by Crippen LogP contribution is -2.42. The summed E-state index contributed by atoms with van der Waals surface area (Å²) < 4.78 is 10.4. The van der Waals surface area contributed by atoms with E-state index < -0.39 is 29.9 Å². The number of carbonyl (C=O) groups is 3. The van der Waals surface area contributed by atoms with Crippen molar-refractivity contribution in [1.29, 1.82) is 0 Å². The minimum atomic E-state index is -1.37. The predicted octanol–water partition coefficient (Wildman–Crippen LogP) is 3.42. The number of nitrogens with zero attached hydrogens (tertiary/aromatic N) is 1. The van der Waals surface area contributed by atoms with Gasteiger partial charge in [0.05, 0.1) is 30.0 Å². The van der Waals surface area contributed by atoms with E-state index in [1.165, 1.54) is 33.3 Å². The van der Waals surface area contributed by atoms with E-state index >= 15 is 0 Å². The van der Waals surface area contributed by atoms with Crippen molar-refractivity contribution in [2.45, 2.75) is 12.5 Å². The van der Waals surface area contributed by atoms with Gasteiger partial charge in [0, 0.05) is 6.07 Å². The van der Waals surface area contributed by atoms with Gasteiger partial charge in [0.15, 0.2) is 0 Å². The van der Waals surface area contributed by atoms with Gasteiger partial charge in [-0.05, 0) is 36.8 Å². The Kier molecular flexibility index (Phi) is 6.09.